The van der Waals surface area contributed by atoms with E-state index >= 15 is 0 Å². The molecule has 1 aromatic heterocycles. The van der Waals surface area contributed by atoms with Crippen LogP contribution >= 0.6 is 0 Å². The number of hydrogen-bond donors (Lipinski definition) is 2. The maximum absolute atomic E-state index is 11.5. The summed E-state index contributed by atoms with van der Waals surface area (Å²) >= 11 is 0. The number of benzene rings is 1. The van der Waals surface area contributed by atoms with E-state index in [4.69, 9.17) is 4.42 Å². The summed E-state index contributed by atoms with van der Waals surface area (Å²) in [5.41, 5.74) is 0.763. The molecule has 0 aliphatic rings. The van der Waals surface area contributed by atoms with Gasteiger partial charge in [-0.1, -0.05) is 30.3 Å². The highest BCUT2D eigenvalue weighted by Gasteiger charge is 2.11. The Morgan fingerprint density at radius 3 is 2.76 bits per heavy atom. The molecule has 0 saturated carbocycles. The minimum Gasteiger partial charge on any atom is -0.448 e. The molecule has 1 unspecified atom stereocenters. The first-order valence-electron chi connectivity index (χ1n) is 5.24. The third-order valence-electron chi connectivity index (χ3n) is 2.34. The highest BCUT2D eigenvalue weighted by Crippen LogP contribution is 2.10. The van der Waals surface area contributed by atoms with E-state index in [0.29, 0.717) is 0 Å². The maximum Gasteiger partial charge on any atom is 0.287 e. The number of carbonyl (C=O) groups is 1. The summed E-state index contributed by atoms with van der Waals surface area (Å²) in [6.45, 7) is 0.142. The van der Waals surface area contributed by atoms with Gasteiger partial charge in [0.1, 0.15) is 0 Å². The molecule has 1 atom stereocenters. The van der Waals surface area contributed by atoms with E-state index < -0.39 is 6.10 Å². The van der Waals surface area contributed by atoms with Gasteiger partial charge in [-0.3, -0.25) is 4.79 Å². The van der Waals surface area contributed by atoms with E-state index in [1.54, 1.807) is 12.1 Å². The first kappa shape index (κ1) is 11.4. The zero-order valence-corrected chi connectivity index (χ0v) is 9.09. The van der Waals surface area contributed by atoms with Crippen molar-refractivity contribution in [3.63, 3.8) is 0 Å². The Bertz CT molecular complexity index is 465. The zero-order chi connectivity index (χ0) is 12.1. The van der Waals surface area contributed by atoms with Crippen LogP contribution in [0.1, 0.15) is 22.2 Å². The Balaban J connectivity index is 1.89. The van der Waals surface area contributed by atoms with Crippen molar-refractivity contribution in [1.29, 1.82) is 0 Å². The number of nitrogens with one attached hydrogen (secondary N) is 1. The van der Waals surface area contributed by atoms with Gasteiger partial charge in [0, 0.05) is 6.54 Å². The van der Waals surface area contributed by atoms with E-state index in [1.807, 2.05) is 18.2 Å². The van der Waals surface area contributed by atoms with E-state index in [1.165, 1.54) is 12.1 Å². The molecule has 17 heavy (non-hydrogen) atoms. The monoisotopic (exact) mass is 230 g/mol. The summed E-state index contributed by atoms with van der Waals surface area (Å²) in [6, 6.07) is 12.2. The van der Waals surface area contributed by atoms with Crippen molar-refractivity contribution in [2.75, 3.05) is 6.54 Å². The minimum absolute atomic E-state index is 0.142. The second-order valence-corrected chi connectivity index (χ2v) is 3.55. The first-order valence-corrected chi connectivity index (χ1v) is 5.24. The van der Waals surface area contributed by atoms with E-state index in [0.717, 1.165) is 5.56 Å². The van der Waals surface area contributed by atoms with Crippen molar-refractivity contribution in [2.24, 2.45) is 0 Å². The summed E-state index contributed by atoms with van der Waals surface area (Å²) in [6.07, 6.45) is 1.71. The van der Waals surface area contributed by atoms with Crippen molar-refractivity contribution in [1.82, 2.24) is 5.32 Å². The number of carbonyl (C=O) groups excluding carboxylic acids is 1. The van der Waals surface area contributed by atoms with Crippen LogP contribution in [-0.2, 0) is 0 Å². The molecule has 1 radical (unpaired) electrons. The van der Waals surface area contributed by atoms with Crippen LogP contribution < -0.4 is 5.32 Å². The standard InChI is InChI=1S/C13H12NO3/c15-11(10-5-2-1-3-6-10)9-14-13(16)12-7-4-8-17-12/h1-7,11,15H,9H2,(H,14,16). The van der Waals surface area contributed by atoms with Gasteiger partial charge in [0.25, 0.3) is 5.91 Å². The van der Waals surface area contributed by atoms with Crippen LogP contribution in [-0.4, -0.2) is 17.6 Å². The molecule has 2 N–H and O–H groups in total. The predicted molar refractivity (Wildman–Crippen MR) is 61.3 cm³/mol. The molecule has 87 valence electrons. The first-order chi connectivity index (χ1) is 8.27. The molecule has 0 spiro atoms. The van der Waals surface area contributed by atoms with E-state index in [9.17, 15) is 9.90 Å². The molecule has 0 aliphatic heterocycles. The summed E-state index contributed by atoms with van der Waals surface area (Å²) < 4.78 is 4.81. The number of rotatable bonds is 4. The predicted octanol–water partition coefficient (Wildman–Crippen LogP) is 1.54. The van der Waals surface area contributed by atoms with Crippen molar-refractivity contribution in [3.05, 3.63) is 60.1 Å². The molecule has 2 rings (SSSR count). The molecule has 0 aliphatic carbocycles. The molecule has 4 heteroatoms. The molecule has 1 aromatic carbocycles. The lowest BCUT2D eigenvalue weighted by molar-refractivity contribution is 0.0888. The van der Waals surface area contributed by atoms with Gasteiger partial charge < -0.3 is 14.8 Å². The van der Waals surface area contributed by atoms with Gasteiger partial charge >= 0.3 is 0 Å². The summed E-state index contributed by atoms with van der Waals surface area (Å²) in [5, 5.41) is 12.4. The molecule has 0 bridgehead atoms. The van der Waals surface area contributed by atoms with Crippen molar-refractivity contribution >= 4 is 5.91 Å². The molecule has 2 aromatic rings. The lowest BCUT2D eigenvalue weighted by Gasteiger charge is -2.11. The van der Waals surface area contributed by atoms with Crippen LogP contribution in [0, 0.1) is 6.26 Å². The third kappa shape index (κ3) is 2.95. The van der Waals surface area contributed by atoms with Gasteiger partial charge in [0.15, 0.2) is 12.0 Å². The van der Waals surface area contributed by atoms with Crippen molar-refractivity contribution < 1.29 is 14.3 Å². The Morgan fingerprint density at radius 2 is 2.12 bits per heavy atom. The minimum atomic E-state index is -0.723. The fourth-order valence-corrected chi connectivity index (χ4v) is 1.43. The highest BCUT2D eigenvalue weighted by atomic mass is 16.3. The number of hydrogen-bond acceptors (Lipinski definition) is 3. The molecular formula is C13H12NO3. The zero-order valence-electron chi connectivity index (χ0n) is 9.09. The van der Waals surface area contributed by atoms with Crippen LogP contribution in [0.5, 0.6) is 0 Å². The smallest absolute Gasteiger partial charge is 0.287 e. The van der Waals surface area contributed by atoms with Crippen LogP contribution in [0.25, 0.3) is 0 Å². The fraction of sp³-hybridized carbons (Fsp3) is 0.154. The average molecular weight is 230 g/mol. The highest BCUT2D eigenvalue weighted by molar-refractivity contribution is 5.91. The Kier molecular flexibility index (Phi) is 3.57. The summed E-state index contributed by atoms with van der Waals surface area (Å²) in [5.74, 6) is -0.175. The van der Waals surface area contributed by atoms with Gasteiger partial charge in [0.05, 0.1) is 6.10 Å². The topological polar surface area (TPSA) is 62.5 Å². The Labute approximate surface area is 98.9 Å². The van der Waals surface area contributed by atoms with Crippen LogP contribution in [0.2, 0.25) is 0 Å². The lowest BCUT2D eigenvalue weighted by Crippen LogP contribution is -2.28. The quantitative estimate of drug-likeness (QED) is 0.837. The Hall–Kier alpha value is -2.07. The molecule has 0 fully saturated rings. The van der Waals surface area contributed by atoms with Crippen molar-refractivity contribution in [3.8, 4) is 0 Å². The summed E-state index contributed by atoms with van der Waals surface area (Å²) in [4.78, 5) is 11.5. The van der Waals surface area contributed by atoms with Crippen LogP contribution in [0.4, 0.5) is 0 Å². The normalized spacial score (nSPS) is 12.1. The Morgan fingerprint density at radius 1 is 1.35 bits per heavy atom. The second-order valence-electron chi connectivity index (χ2n) is 3.55. The fourth-order valence-electron chi connectivity index (χ4n) is 1.43. The summed E-state index contributed by atoms with van der Waals surface area (Å²) in [7, 11) is 0. The van der Waals surface area contributed by atoms with Gasteiger partial charge in [-0.2, -0.15) is 0 Å². The third-order valence-corrected chi connectivity index (χ3v) is 2.34. The van der Waals surface area contributed by atoms with Crippen molar-refractivity contribution in [2.45, 2.75) is 6.10 Å². The molecule has 1 amide bonds. The van der Waals surface area contributed by atoms with E-state index in [2.05, 4.69) is 11.6 Å². The maximum atomic E-state index is 11.5. The number of aliphatic hydroxyl groups is 1. The molecule has 4 nitrogen and oxygen atoms in total. The number of furan rings is 1. The largest absolute Gasteiger partial charge is 0.448 e. The van der Waals surface area contributed by atoms with Gasteiger partial charge in [-0.25, -0.2) is 0 Å². The van der Waals surface area contributed by atoms with E-state index in [-0.39, 0.29) is 18.2 Å². The lowest BCUT2D eigenvalue weighted by atomic mass is 10.1. The number of amides is 1. The SMILES string of the molecule is O=C(NCC(O)c1ccccc1)c1cc[c]o1. The number of aliphatic hydroxyl groups excluding tert-OH is 1. The average Bonchev–Trinajstić information content (AvgIpc) is 2.90. The second kappa shape index (κ2) is 5.32. The van der Waals surface area contributed by atoms with Crippen LogP contribution in [0.3, 0.4) is 0 Å². The molecule has 1 heterocycles. The van der Waals surface area contributed by atoms with Crippen LogP contribution in [0.15, 0.2) is 46.9 Å². The molecular weight excluding hydrogens is 218 g/mol. The van der Waals surface area contributed by atoms with Gasteiger partial charge in [0.2, 0.25) is 0 Å². The van der Waals surface area contributed by atoms with Gasteiger partial charge in [-0.05, 0) is 17.7 Å². The molecule has 0 saturated heterocycles. The van der Waals surface area contributed by atoms with Gasteiger partial charge in [-0.15, -0.1) is 0 Å².